The van der Waals surface area contributed by atoms with E-state index in [-0.39, 0.29) is 11.8 Å². The van der Waals surface area contributed by atoms with Crippen LogP contribution in [0.3, 0.4) is 0 Å². The fraction of sp³-hybridized carbons (Fsp3) is 0.571. The number of benzene rings is 1. The van der Waals surface area contributed by atoms with Crippen molar-refractivity contribution in [1.82, 2.24) is 10.0 Å². The van der Waals surface area contributed by atoms with Crippen LogP contribution in [0.1, 0.15) is 52.0 Å². The van der Waals surface area contributed by atoms with E-state index in [2.05, 4.69) is 29.2 Å². The first-order chi connectivity index (χ1) is 13.7. The second-order valence-corrected chi connectivity index (χ2v) is 9.46. The molecule has 1 amide bonds. The molecule has 164 valence electrons. The van der Waals surface area contributed by atoms with Crippen LogP contribution in [0, 0.1) is 5.92 Å². The Morgan fingerprint density at radius 3 is 2.52 bits per heavy atom. The Morgan fingerprint density at radius 2 is 1.93 bits per heavy atom. The van der Waals surface area contributed by atoms with Crippen LogP contribution in [-0.2, 0) is 21.2 Å². The molecule has 0 fully saturated rings. The van der Waals surface area contributed by atoms with Gasteiger partial charge in [0, 0.05) is 23.8 Å². The van der Waals surface area contributed by atoms with Crippen LogP contribution in [0.5, 0.6) is 0 Å². The van der Waals surface area contributed by atoms with Crippen LogP contribution in [0.2, 0.25) is 5.02 Å². The lowest BCUT2D eigenvalue weighted by atomic mass is 10.0. The van der Waals surface area contributed by atoms with E-state index in [1.165, 1.54) is 12.8 Å². The van der Waals surface area contributed by atoms with Crippen LogP contribution in [0.15, 0.2) is 30.0 Å². The Bertz CT molecular complexity index is 792. The molecule has 6 nitrogen and oxygen atoms in total. The molecular weight excluding hydrogens is 410 g/mol. The number of amides is 1. The molecule has 1 aliphatic heterocycles. The van der Waals surface area contributed by atoms with Gasteiger partial charge in [0.05, 0.1) is 6.26 Å². The standard InChI is InChI=1S/C17H24ClN3O3S.C4H10/c1-3-12(8-9-20-25(2,23)24)11-19-17(22)16-6-4-13-10-14(18)5-7-15(13)21-16;1-3-4-2/h5-7,10,12,20-21H,3-4,8-9,11H2,1-2H3,(H,19,22);3-4H2,1-2H3. The lowest BCUT2D eigenvalue weighted by molar-refractivity contribution is -0.117. The second kappa shape index (κ2) is 12.9. The molecule has 0 aromatic heterocycles. The highest BCUT2D eigenvalue weighted by molar-refractivity contribution is 7.88. The fourth-order valence-electron chi connectivity index (χ4n) is 2.64. The van der Waals surface area contributed by atoms with Crippen molar-refractivity contribution in [3.63, 3.8) is 0 Å². The minimum atomic E-state index is -3.17. The molecule has 0 spiro atoms. The summed E-state index contributed by atoms with van der Waals surface area (Å²) in [5.41, 5.74) is 2.47. The van der Waals surface area contributed by atoms with Crippen molar-refractivity contribution < 1.29 is 13.2 Å². The predicted molar refractivity (Wildman–Crippen MR) is 122 cm³/mol. The molecular formula is C21H34ClN3O3S. The van der Waals surface area contributed by atoms with Gasteiger partial charge in [0.15, 0.2) is 0 Å². The molecule has 1 aromatic rings. The minimum absolute atomic E-state index is 0.157. The van der Waals surface area contributed by atoms with E-state index in [1.54, 1.807) is 6.07 Å². The van der Waals surface area contributed by atoms with E-state index < -0.39 is 10.0 Å². The van der Waals surface area contributed by atoms with Crippen LogP contribution >= 0.6 is 11.6 Å². The highest BCUT2D eigenvalue weighted by Gasteiger charge is 2.17. The lowest BCUT2D eigenvalue weighted by Crippen LogP contribution is -2.34. The summed E-state index contributed by atoms with van der Waals surface area (Å²) in [5, 5.41) is 6.72. The largest absolute Gasteiger partial charge is 0.351 e. The van der Waals surface area contributed by atoms with Crippen molar-refractivity contribution in [2.24, 2.45) is 5.92 Å². The molecule has 29 heavy (non-hydrogen) atoms. The van der Waals surface area contributed by atoms with Gasteiger partial charge < -0.3 is 10.6 Å². The number of hydrogen-bond acceptors (Lipinski definition) is 4. The highest BCUT2D eigenvalue weighted by Crippen LogP contribution is 2.26. The second-order valence-electron chi connectivity index (χ2n) is 7.19. The van der Waals surface area contributed by atoms with Gasteiger partial charge in [0.1, 0.15) is 5.70 Å². The summed E-state index contributed by atoms with van der Waals surface area (Å²) in [6.07, 6.45) is 7.82. The summed E-state index contributed by atoms with van der Waals surface area (Å²) in [5.74, 6) is 0.0589. The molecule has 3 N–H and O–H groups in total. The number of unbranched alkanes of at least 4 members (excludes halogenated alkanes) is 1. The van der Waals surface area contributed by atoms with Gasteiger partial charge >= 0.3 is 0 Å². The molecule has 0 saturated heterocycles. The Morgan fingerprint density at radius 1 is 1.24 bits per heavy atom. The Labute approximate surface area is 180 Å². The number of carbonyl (C=O) groups is 1. The van der Waals surface area contributed by atoms with Gasteiger partial charge in [0.25, 0.3) is 5.91 Å². The number of hydrogen-bond donors (Lipinski definition) is 3. The molecule has 2 rings (SSSR count). The molecule has 8 heteroatoms. The zero-order valence-corrected chi connectivity index (χ0v) is 19.4. The summed E-state index contributed by atoms with van der Waals surface area (Å²) in [6.45, 7) is 7.27. The van der Waals surface area contributed by atoms with Crippen molar-refractivity contribution in [2.45, 2.75) is 52.9 Å². The SMILES string of the molecule is CCC(CCNS(C)(=O)=O)CNC(=O)C1=CCc2cc(Cl)ccc2N1.CCCC. The predicted octanol–water partition coefficient (Wildman–Crippen LogP) is 4.08. The number of halogens is 1. The Kier molecular flexibility index (Phi) is 11.3. The maximum atomic E-state index is 12.3. The maximum Gasteiger partial charge on any atom is 0.267 e. The molecule has 0 aliphatic carbocycles. The minimum Gasteiger partial charge on any atom is -0.351 e. The summed E-state index contributed by atoms with van der Waals surface area (Å²) in [7, 11) is -3.17. The number of rotatable bonds is 9. The summed E-state index contributed by atoms with van der Waals surface area (Å²) in [4.78, 5) is 12.3. The molecule has 0 bridgehead atoms. The zero-order valence-electron chi connectivity index (χ0n) is 17.8. The van der Waals surface area contributed by atoms with Gasteiger partial charge in [-0.3, -0.25) is 4.79 Å². The average molecular weight is 444 g/mol. The first-order valence-electron chi connectivity index (χ1n) is 10.2. The zero-order chi connectivity index (χ0) is 21.9. The maximum absolute atomic E-state index is 12.3. The van der Waals surface area contributed by atoms with E-state index in [9.17, 15) is 13.2 Å². The molecule has 1 unspecified atom stereocenters. The van der Waals surface area contributed by atoms with Crippen molar-refractivity contribution >= 4 is 33.2 Å². The molecule has 0 saturated carbocycles. The van der Waals surface area contributed by atoms with E-state index in [4.69, 9.17) is 11.6 Å². The van der Waals surface area contributed by atoms with Crippen molar-refractivity contribution in [3.05, 3.63) is 40.6 Å². The number of fused-ring (bicyclic) bond motifs is 1. The Hall–Kier alpha value is -1.57. The van der Waals surface area contributed by atoms with Crippen molar-refractivity contribution in [3.8, 4) is 0 Å². The van der Waals surface area contributed by atoms with Gasteiger partial charge in [-0.25, -0.2) is 13.1 Å². The lowest BCUT2D eigenvalue weighted by Gasteiger charge is -2.21. The van der Waals surface area contributed by atoms with Crippen LogP contribution in [0.25, 0.3) is 0 Å². The number of allylic oxidation sites excluding steroid dienone is 1. The van der Waals surface area contributed by atoms with E-state index in [1.807, 2.05) is 25.1 Å². The molecule has 1 aliphatic rings. The van der Waals surface area contributed by atoms with Gasteiger partial charge in [0.2, 0.25) is 10.0 Å². The quantitative estimate of drug-likeness (QED) is 0.536. The summed E-state index contributed by atoms with van der Waals surface area (Å²) >= 11 is 5.98. The monoisotopic (exact) mass is 443 g/mol. The van der Waals surface area contributed by atoms with Crippen LogP contribution < -0.4 is 15.4 Å². The third kappa shape index (κ3) is 10.1. The first kappa shape index (κ1) is 25.5. The highest BCUT2D eigenvalue weighted by atomic mass is 35.5. The third-order valence-electron chi connectivity index (χ3n) is 4.65. The first-order valence-corrected chi connectivity index (χ1v) is 12.4. The normalized spacial score (nSPS) is 13.9. The van der Waals surface area contributed by atoms with Crippen molar-refractivity contribution in [2.75, 3.05) is 24.7 Å². The summed E-state index contributed by atoms with van der Waals surface area (Å²) in [6, 6.07) is 5.54. The third-order valence-corrected chi connectivity index (χ3v) is 5.62. The molecule has 0 radical (unpaired) electrons. The molecule has 1 atom stereocenters. The van der Waals surface area contributed by atoms with Gasteiger partial charge in [-0.1, -0.05) is 57.7 Å². The number of nitrogens with one attached hydrogen (secondary N) is 3. The Balaban J connectivity index is 0.000000960. The van der Waals surface area contributed by atoms with Crippen LogP contribution in [0.4, 0.5) is 5.69 Å². The van der Waals surface area contributed by atoms with Gasteiger partial charge in [-0.15, -0.1) is 0 Å². The number of anilines is 1. The van der Waals surface area contributed by atoms with Crippen LogP contribution in [-0.4, -0.2) is 33.7 Å². The van der Waals surface area contributed by atoms with Gasteiger partial charge in [-0.05, 0) is 42.5 Å². The van der Waals surface area contributed by atoms with E-state index in [0.29, 0.717) is 36.7 Å². The number of carbonyl (C=O) groups excluding carboxylic acids is 1. The van der Waals surface area contributed by atoms with Gasteiger partial charge in [-0.2, -0.15) is 0 Å². The number of sulfonamides is 1. The topological polar surface area (TPSA) is 87.3 Å². The fourth-order valence-corrected chi connectivity index (χ4v) is 3.33. The van der Waals surface area contributed by atoms with Crippen molar-refractivity contribution in [1.29, 1.82) is 0 Å². The molecule has 1 heterocycles. The van der Waals surface area contributed by atoms with E-state index in [0.717, 1.165) is 23.9 Å². The van der Waals surface area contributed by atoms with E-state index >= 15 is 0 Å². The average Bonchev–Trinajstić information content (AvgIpc) is 2.69. The molecule has 1 aromatic carbocycles. The summed E-state index contributed by atoms with van der Waals surface area (Å²) < 4.78 is 24.7. The smallest absolute Gasteiger partial charge is 0.267 e.